The van der Waals surface area contributed by atoms with Gasteiger partial charge < -0.3 is 24.5 Å². The van der Waals surface area contributed by atoms with Gasteiger partial charge in [-0.05, 0) is 42.5 Å². The first kappa shape index (κ1) is 18.8. The maximum absolute atomic E-state index is 5.50. The number of pyridine rings is 1. The smallest absolute Gasteiger partial charge is 0.247 e. The number of H-pyrrole nitrogens is 1. The molecule has 0 bridgehead atoms. The van der Waals surface area contributed by atoms with Gasteiger partial charge in [0.2, 0.25) is 11.7 Å². The van der Waals surface area contributed by atoms with Crippen LogP contribution in [-0.2, 0) is 0 Å². The highest BCUT2D eigenvalue weighted by Gasteiger charge is 2.17. The van der Waals surface area contributed by atoms with Crippen LogP contribution in [0.2, 0.25) is 0 Å². The lowest BCUT2D eigenvalue weighted by Crippen LogP contribution is -1.99. The van der Waals surface area contributed by atoms with E-state index < -0.39 is 0 Å². The Morgan fingerprint density at radius 2 is 1.68 bits per heavy atom. The Hall–Kier alpha value is -4.20. The van der Waals surface area contributed by atoms with Gasteiger partial charge in [0, 0.05) is 22.7 Å². The van der Waals surface area contributed by atoms with Crippen LogP contribution in [0.4, 0.5) is 11.6 Å². The molecular formula is C23H21N5O3. The summed E-state index contributed by atoms with van der Waals surface area (Å²) in [5, 5.41) is 9.11. The minimum absolute atomic E-state index is 0.508. The summed E-state index contributed by atoms with van der Waals surface area (Å²) in [7, 11) is 4.78. The third-order valence-corrected chi connectivity index (χ3v) is 5.16. The number of aromatic nitrogens is 4. The van der Waals surface area contributed by atoms with Gasteiger partial charge in [0.1, 0.15) is 0 Å². The Morgan fingerprint density at radius 1 is 0.903 bits per heavy atom. The van der Waals surface area contributed by atoms with E-state index >= 15 is 0 Å². The monoisotopic (exact) mass is 415 g/mol. The van der Waals surface area contributed by atoms with Gasteiger partial charge in [-0.1, -0.05) is 12.1 Å². The van der Waals surface area contributed by atoms with Crippen molar-refractivity contribution in [3.05, 3.63) is 60.8 Å². The summed E-state index contributed by atoms with van der Waals surface area (Å²) in [5.74, 6) is 2.20. The van der Waals surface area contributed by atoms with Crippen LogP contribution in [0.1, 0.15) is 0 Å². The van der Waals surface area contributed by atoms with Crippen LogP contribution in [0.25, 0.3) is 27.8 Å². The Bertz CT molecular complexity index is 1360. The Kier molecular flexibility index (Phi) is 4.59. The molecule has 8 nitrogen and oxygen atoms in total. The van der Waals surface area contributed by atoms with Crippen molar-refractivity contribution >= 4 is 28.2 Å². The molecule has 0 saturated carbocycles. The molecule has 0 spiro atoms. The average molecular weight is 415 g/mol. The molecule has 3 aromatic heterocycles. The number of aromatic amines is 1. The number of nitrogens with one attached hydrogen (secondary N) is 2. The zero-order valence-electron chi connectivity index (χ0n) is 17.3. The molecule has 5 aromatic rings. The molecule has 0 amide bonds. The summed E-state index contributed by atoms with van der Waals surface area (Å²) in [4.78, 5) is 7.86. The number of rotatable bonds is 6. The SMILES string of the molecule is COc1cc(-c2cccc3nc(Nc4cccc5[nH]ccc45)nn23)cc(OC)c1OC. The fourth-order valence-electron chi connectivity index (χ4n) is 3.72. The van der Waals surface area contributed by atoms with E-state index in [9.17, 15) is 0 Å². The lowest BCUT2D eigenvalue weighted by Gasteiger charge is -2.14. The molecule has 0 aliphatic rings. The predicted molar refractivity (Wildman–Crippen MR) is 120 cm³/mol. The molecule has 3 heterocycles. The first-order valence-corrected chi connectivity index (χ1v) is 9.71. The van der Waals surface area contributed by atoms with E-state index in [1.165, 1.54) is 0 Å². The van der Waals surface area contributed by atoms with Crippen LogP contribution in [-0.4, -0.2) is 40.9 Å². The molecule has 0 unspecified atom stereocenters. The van der Waals surface area contributed by atoms with Crippen LogP contribution < -0.4 is 19.5 Å². The molecule has 8 heteroatoms. The fourth-order valence-corrected chi connectivity index (χ4v) is 3.72. The number of nitrogens with zero attached hydrogens (tertiary/aromatic N) is 3. The zero-order valence-corrected chi connectivity index (χ0v) is 17.3. The van der Waals surface area contributed by atoms with E-state index in [1.807, 2.05) is 60.8 Å². The molecule has 156 valence electrons. The van der Waals surface area contributed by atoms with Crippen molar-refractivity contribution in [2.45, 2.75) is 0 Å². The van der Waals surface area contributed by atoms with E-state index in [0.717, 1.165) is 33.5 Å². The molecule has 5 rings (SSSR count). The van der Waals surface area contributed by atoms with E-state index in [-0.39, 0.29) is 0 Å². The molecule has 0 fully saturated rings. The molecule has 2 N–H and O–H groups in total. The number of hydrogen-bond acceptors (Lipinski definition) is 6. The molecule has 0 aliphatic heterocycles. The zero-order chi connectivity index (χ0) is 21.4. The summed E-state index contributed by atoms with van der Waals surface area (Å²) in [6.07, 6.45) is 1.91. The molecule has 0 saturated heterocycles. The highest BCUT2D eigenvalue weighted by atomic mass is 16.5. The lowest BCUT2D eigenvalue weighted by molar-refractivity contribution is 0.324. The van der Waals surface area contributed by atoms with Gasteiger partial charge in [-0.3, -0.25) is 0 Å². The van der Waals surface area contributed by atoms with E-state index in [2.05, 4.69) is 15.3 Å². The summed E-state index contributed by atoms with van der Waals surface area (Å²) < 4.78 is 18.2. The summed E-state index contributed by atoms with van der Waals surface area (Å²) in [6.45, 7) is 0. The molecule has 0 radical (unpaired) electrons. The largest absolute Gasteiger partial charge is 0.493 e. The second-order valence-electron chi connectivity index (χ2n) is 6.90. The predicted octanol–water partition coefficient (Wildman–Crippen LogP) is 4.65. The number of anilines is 2. The number of hydrogen-bond donors (Lipinski definition) is 2. The third-order valence-electron chi connectivity index (χ3n) is 5.16. The summed E-state index contributed by atoms with van der Waals surface area (Å²) in [5.41, 5.74) is 4.41. The Labute approximate surface area is 178 Å². The minimum atomic E-state index is 0.508. The van der Waals surface area contributed by atoms with Crippen LogP contribution in [0.5, 0.6) is 17.2 Å². The second-order valence-corrected chi connectivity index (χ2v) is 6.90. The molecule has 31 heavy (non-hydrogen) atoms. The van der Waals surface area contributed by atoms with E-state index in [4.69, 9.17) is 19.3 Å². The van der Waals surface area contributed by atoms with Crippen LogP contribution in [0.3, 0.4) is 0 Å². The fraction of sp³-hybridized carbons (Fsp3) is 0.130. The van der Waals surface area contributed by atoms with Crippen molar-refractivity contribution in [1.82, 2.24) is 19.6 Å². The van der Waals surface area contributed by atoms with Gasteiger partial charge in [-0.25, -0.2) is 4.52 Å². The minimum Gasteiger partial charge on any atom is -0.493 e. The van der Waals surface area contributed by atoms with Crippen LogP contribution >= 0.6 is 0 Å². The highest BCUT2D eigenvalue weighted by molar-refractivity contribution is 5.93. The normalized spacial score (nSPS) is 11.1. The molecule has 2 aromatic carbocycles. The van der Waals surface area contributed by atoms with Crippen LogP contribution in [0.15, 0.2) is 60.8 Å². The summed E-state index contributed by atoms with van der Waals surface area (Å²) in [6, 6.07) is 17.7. The van der Waals surface area contributed by atoms with E-state index in [1.54, 1.807) is 25.8 Å². The highest BCUT2D eigenvalue weighted by Crippen LogP contribution is 2.41. The number of benzene rings is 2. The Morgan fingerprint density at radius 3 is 2.42 bits per heavy atom. The van der Waals surface area contributed by atoms with Gasteiger partial charge in [0.25, 0.3) is 0 Å². The van der Waals surface area contributed by atoms with Gasteiger partial charge in [0.05, 0.1) is 32.7 Å². The van der Waals surface area contributed by atoms with Crippen molar-refractivity contribution < 1.29 is 14.2 Å². The maximum atomic E-state index is 5.50. The first-order chi connectivity index (χ1) is 15.2. The quantitative estimate of drug-likeness (QED) is 0.420. The maximum Gasteiger partial charge on any atom is 0.247 e. The molecule has 0 aliphatic carbocycles. The van der Waals surface area contributed by atoms with Gasteiger partial charge in [-0.15, -0.1) is 5.10 Å². The van der Waals surface area contributed by atoms with Crippen molar-refractivity contribution in [1.29, 1.82) is 0 Å². The molecular weight excluding hydrogens is 394 g/mol. The van der Waals surface area contributed by atoms with Crippen molar-refractivity contribution in [3.8, 4) is 28.5 Å². The standard InChI is InChI=1S/C23H21N5O3/c1-29-19-12-14(13-20(30-2)22(19)31-3)18-8-5-9-21-26-23(27-28(18)21)25-17-7-4-6-16-15(17)10-11-24-16/h4-13,24H,1-3H3,(H,25,27). The van der Waals surface area contributed by atoms with Gasteiger partial charge >= 0.3 is 0 Å². The van der Waals surface area contributed by atoms with Gasteiger partial charge in [0.15, 0.2) is 17.1 Å². The first-order valence-electron chi connectivity index (χ1n) is 9.71. The second kappa shape index (κ2) is 7.56. The third kappa shape index (κ3) is 3.18. The van der Waals surface area contributed by atoms with Crippen molar-refractivity contribution in [2.24, 2.45) is 0 Å². The number of fused-ring (bicyclic) bond motifs is 2. The Balaban J connectivity index is 1.60. The van der Waals surface area contributed by atoms with Gasteiger partial charge in [-0.2, -0.15) is 4.98 Å². The number of methoxy groups -OCH3 is 3. The average Bonchev–Trinajstić information content (AvgIpc) is 3.44. The lowest BCUT2D eigenvalue weighted by atomic mass is 10.1. The van der Waals surface area contributed by atoms with E-state index in [0.29, 0.717) is 23.2 Å². The molecule has 0 atom stereocenters. The topological polar surface area (TPSA) is 85.7 Å². The summed E-state index contributed by atoms with van der Waals surface area (Å²) >= 11 is 0. The van der Waals surface area contributed by atoms with Crippen molar-refractivity contribution in [3.63, 3.8) is 0 Å². The van der Waals surface area contributed by atoms with Crippen LogP contribution in [0, 0.1) is 0 Å². The number of ether oxygens (including phenoxy) is 3. The van der Waals surface area contributed by atoms with Crippen molar-refractivity contribution in [2.75, 3.05) is 26.6 Å².